The van der Waals surface area contributed by atoms with Gasteiger partial charge in [-0.3, -0.25) is 0 Å². The predicted molar refractivity (Wildman–Crippen MR) is 65.5 cm³/mol. The maximum Gasteiger partial charge on any atom is 0.163 e. The number of hydrogen-bond acceptors (Lipinski definition) is 4. The van der Waals surface area contributed by atoms with Crippen LogP contribution < -0.4 is 14.8 Å². The van der Waals surface area contributed by atoms with Crippen LogP contribution >= 0.6 is 0 Å². The van der Waals surface area contributed by atoms with Gasteiger partial charge in [0.05, 0.1) is 20.3 Å². The summed E-state index contributed by atoms with van der Waals surface area (Å²) in [6.07, 6.45) is 0.971. The van der Waals surface area contributed by atoms with Crippen molar-refractivity contribution < 1.29 is 19.0 Å². The van der Waals surface area contributed by atoms with Gasteiger partial charge < -0.3 is 19.9 Å². The number of hydrogen-bond donors (Lipinski definition) is 2. The highest BCUT2D eigenvalue weighted by Crippen LogP contribution is 2.34. The summed E-state index contributed by atoms with van der Waals surface area (Å²) in [4.78, 5) is 0. The molecular formula is C13H18FNO3. The van der Waals surface area contributed by atoms with E-state index in [0.29, 0.717) is 11.5 Å². The molecule has 1 heterocycles. The molecule has 1 aliphatic heterocycles. The van der Waals surface area contributed by atoms with E-state index in [1.165, 1.54) is 26.4 Å². The number of halogens is 1. The van der Waals surface area contributed by atoms with Gasteiger partial charge in [0, 0.05) is 17.7 Å². The molecule has 100 valence electrons. The summed E-state index contributed by atoms with van der Waals surface area (Å²) in [6.45, 7) is 0.858. The first-order chi connectivity index (χ1) is 8.67. The molecule has 0 bridgehead atoms. The van der Waals surface area contributed by atoms with Crippen molar-refractivity contribution in [2.75, 3.05) is 20.8 Å². The summed E-state index contributed by atoms with van der Waals surface area (Å²) >= 11 is 0. The van der Waals surface area contributed by atoms with E-state index in [0.717, 1.165) is 19.4 Å². The average molecular weight is 255 g/mol. The molecule has 1 fully saturated rings. The molecule has 2 N–H and O–H groups in total. The maximum atomic E-state index is 13.9. The van der Waals surface area contributed by atoms with E-state index in [4.69, 9.17) is 9.47 Å². The van der Waals surface area contributed by atoms with Gasteiger partial charge in [-0.2, -0.15) is 0 Å². The normalized spacial score (nSPS) is 20.8. The summed E-state index contributed by atoms with van der Waals surface area (Å²) < 4.78 is 24.1. The molecule has 1 saturated heterocycles. The topological polar surface area (TPSA) is 50.7 Å². The van der Waals surface area contributed by atoms with Gasteiger partial charge in [-0.1, -0.05) is 0 Å². The lowest BCUT2D eigenvalue weighted by Gasteiger charge is -2.20. The summed E-state index contributed by atoms with van der Waals surface area (Å²) in [6, 6.07) is 2.64. The average Bonchev–Trinajstić information content (AvgIpc) is 2.91. The molecule has 2 unspecified atom stereocenters. The molecule has 1 aromatic rings. The van der Waals surface area contributed by atoms with Crippen LogP contribution in [0.1, 0.15) is 24.5 Å². The van der Waals surface area contributed by atoms with E-state index in [9.17, 15) is 9.50 Å². The summed E-state index contributed by atoms with van der Waals surface area (Å²) in [5.41, 5.74) is 0.243. The molecule has 0 spiro atoms. The SMILES string of the molecule is COc1cc(F)c(C(O)C2CCCN2)cc1OC. The van der Waals surface area contributed by atoms with E-state index in [1.807, 2.05) is 0 Å². The van der Waals surface area contributed by atoms with Crippen LogP contribution in [0.4, 0.5) is 4.39 Å². The first-order valence-electron chi connectivity index (χ1n) is 6.00. The van der Waals surface area contributed by atoms with E-state index in [1.54, 1.807) is 0 Å². The van der Waals surface area contributed by atoms with E-state index < -0.39 is 11.9 Å². The Kier molecular flexibility index (Phi) is 4.04. The molecule has 0 aromatic heterocycles. The third-order valence-electron chi connectivity index (χ3n) is 3.30. The standard InChI is InChI=1S/C13H18FNO3/c1-17-11-6-8(9(14)7-12(11)18-2)13(16)10-4-3-5-15-10/h6-7,10,13,15-16H,3-5H2,1-2H3. The summed E-state index contributed by atoms with van der Waals surface area (Å²) in [5, 5.41) is 13.3. The van der Waals surface area contributed by atoms with Crippen molar-refractivity contribution in [3.8, 4) is 11.5 Å². The third kappa shape index (κ3) is 2.42. The van der Waals surface area contributed by atoms with Crippen LogP contribution in [0.3, 0.4) is 0 Å². The van der Waals surface area contributed by atoms with Crippen LogP contribution in [0, 0.1) is 5.82 Å². The maximum absolute atomic E-state index is 13.9. The number of aliphatic hydroxyl groups excluding tert-OH is 1. The minimum Gasteiger partial charge on any atom is -0.493 e. The quantitative estimate of drug-likeness (QED) is 0.858. The molecule has 2 rings (SSSR count). The lowest BCUT2D eigenvalue weighted by Crippen LogP contribution is -2.29. The molecule has 18 heavy (non-hydrogen) atoms. The minimum atomic E-state index is -0.868. The second kappa shape index (κ2) is 5.54. The highest BCUT2D eigenvalue weighted by atomic mass is 19.1. The number of aliphatic hydroxyl groups is 1. The Morgan fingerprint density at radius 2 is 2.00 bits per heavy atom. The van der Waals surface area contributed by atoms with Crippen LogP contribution in [0.25, 0.3) is 0 Å². The Labute approximate surface area is 106 Å². The van der Waals surface area contributed by atoms with Crippen molar-refractivity contribution in [2.24, 2.45) is 0 Å². The molecule has 0 aliphatic carbocycles. The van der Waals surface area contributed by atoms with Crippen LogP contribution in [0.5, 0.6) is 11.5 Å². The van der Waals surface area contributed by atoms with Gasteiger partial charge in [0.15, 0.2) is 11.5 Å². The number of benzene rings is 1. The molecule has 1 aromatic carbocycles. The fraction of sp³-hybridized carbons (Fsp3) is 0.538. The zero-order valence-electron chi connectivity index (χ0n) is 10.6. The lowest BCUT2D eigenvalue weighted by molar-refractivity contribution is 0.133. The number of methoxy groups -OCH3 is 2. The van der Waals surface area contributed by atoms with Gasteiger partial charge in [0.1, 0.15) is 5.82 Å². The van der Waals surface area contributed by atoms with Gasteiger partial charge in [-0.05, 0) is 25.5 Å². The lowest BCUT2D eigenvalue weighted by atomic mass is 10.00. The zero-order chi connectivity index (χ0) is 13.1. The smallest absolute Gasteiger partial charge is 0.163 e. The van der Waals surface area contributed by atoms with Crippen LogP contribution in [0.2, 0.25) is 0 Å². The van der Waals surface area contributed by atoms with Gasteiger partial charge in [0.2, 0.25) is 0 Å². The van der Waals surface area contributed by atoms with Crippen molar-refractivity contribution >= 4 is 0 Å². The zero-order valence-corrected chi connectivity index (χ0v) is 10.6. The first kappa shape index (κ1) is 13.1. The van der Waals surface area contributed by atoms with Crippen molar-refractivity contribution in [1.82, 2.24) is 5.32 Å². The summed E-state index contributed by atoms with van der Waals surface area (Å²) in [7, 11) is 2.94. The van der Waals surface area contributed by atoms with E-state index >= 15 is 0 Å². The second-order valence-corrected chi connectivity index (χ2v) is 4.38. The predicted octanol–water partition coefficient (Wildman–Crippen LogP) is 1.63. The fourth-order valence-electron chi connectivity index (χ4n) is 2.29. The van der Waals surface area contributed by atoms with Gasteiger partial charge in [0.25, 0.3) is 0 Å². The molecule has 0 amide bonds. The Morgan fingerprint density at radius 3 is 2.56 bits per heavy atom. The Hall–Kier alpha value is -1.33. The fourth-order valence-corrected chi connectivity index (χ4v) is 2.29. The van der Waals surface area contributed by atoms with Crippen LogP contribution in [0.15, 0.2) is 12.1 Å². The van der Waals surface area contributed by atoms with Gasteiger partial charge in [-0.15, -0.1) is 0 Å². The Bertz CT molecular complexity index is 419. The molecule has 5 heteroatoms. The first-order valence-corrected chi connectivity index (χ1v) is 6.00. The second-order valence-electron chi connectivity index (χ2n) is 4.38. The monoisotopic (exact) mass is 255 g/mol. The summed E-state index contributed by atoms with van der Waals surface area (Å²) in [5.74, 6) is 0.269. The Morgan fingerprint density at radius 1 is 1.33 bits per heavy atom. The molecule has 4 nitrogen and oxygen atoms in total. The third-order valence-corrected chi connectivity index (χ3v) is 3.30. The highest BCUT2D eigenvalue weighted by Gasteiger charge is 2.27. The van der Waals surface area contributed by atoms with Crippen molar-refractivity contribution in [3.05, 3.63) is 23.5 Å². The highest BCUT2D eigenvalue weighted by molar-refractivity contribution is 5.44. The van der Waals surface area contributed by atoms with E-state index in [-0.39, 0.29) is 11.6 Å². The molecule has 2 atom stereocenters. The molecule has 0 radical (unpaired) electrons. The van der Waals surface area contributed by atoms with Crippen LogP contribution in [-0.4, -0.2) is 31.9 Å². The van der Waals surface area contributed by atoms with Crippen LogP contribution in [-0.2, 0) is 0 Å². The number of ether oxygens (including phenoxy) is 2. The Balaban J connectivity index is 2.31. The molecular weight excluding hydrogens is 237 g/mol. The van der Waals surface area contributed by atoms with Crippen molar-refractivity contribution in [2.45, 2.75) is 25.0 Å². The van der Waals surface area contributed by atoms with Crippen molar-refractivity contribution in [1.29, 1.82) is 0 Å². The number of rotatable bonds is 4. The van der Waals surface area contributed by atoms with E-state index in [2.05, 4.69) is 5.32 Å². The minimum absolute atomic E-state index is 0.0994. The van der Waals surface area contributed by atoms with Gasteiger partial charge >= 0.3 is 0 Å². The largest absolute Gasteiger partial charge is 0.493 e. The molecule has 1 aliphatic rings. The molecule has 0 saturated carbocycles. The van der Waals surface area contributed by atoms with Crippen molar-refractivity contribution in [3.63, 3.8) is 0 Å². The van der Waals surface area contributed by atoms with Gasteiger partial charge in [-0.25, -0.2) is 4.39 Å². The number of nitrogens with one attached hydrogen (secondary N) is 1.